The molecule has 0 bridgehead atoms. The van der Waals surface area contributed by atoms with Gasteiger partial charge in [0.15, 0.2) is 0 Å². The van der Waals surface area contributed by atoms with Crippen LogP contribution in [0, 0.1) is 0 Å². The first kappa shape index (κ1) is 17.8. The van der Waals surface area contributed by atoms with Gasteiger partial charge in [0.1, 0.15) is 11.5 Å². The van der Waals surface area contributed by atoms with Gasteiger partial charge in [0.25, 0.3) is 0 Å². The molecule has 0 atom stereocenters. The summed E-state index contributed by atoms with van der Waals surface area (Å²) in [4.78, 5) is 0. The van der Waals surface area contributed by atoms with E-state index >= 15 is 0 Å². The predicted octanol–water partition coefficient (Wildman–Crippen LogP) is 4.15. The van der Waals surface area contributed by atoms with Crippen LogP contribution < -0.4 is 14.8 Å². The number of ether oxygens (including phenoxy) is 2. The molecule has 1 aromatic carbocycles. The molecule has 0 saturated carbocycles. The summed E-state index contributed by atoms with van der Waals surface area (Å²) in [6, 6.07) is 6.08. The fraction of sp³-hybridized carbons (Fsp3) is 0.667. The first-order valence-corrected chi connectivity index (χ1v) is 7.95. The molecule has 3 nitrogen and oxygen atoms in total. The van der Waals surface area contributed by atoms with Crippen LogP contribution in [0.5, 0.6) is 11.5 Å². The van der Waals surface area contributed by atoms with E-state index in [2.05, 4.69) is 32.2 Å². The molecular formula is C18H31NO2. The second kappa shape index (κ2) is 8.93. The molecule has 0 unspecified atom stereocenters. The Labute approximate surface area is 130 Å². The van der Waals surface area contributed by atoms with Crippen LogP contribution in [0.15, 0.2) is 18.2 Å². The van der Waals surface area contributed by atoms with Crippen LogP contribution in [0.25, 0.3) is 0 Å². The van der Waals surface area contributed by atoms with Gasteiger partial charge in [0.05, 0.1) is 13.7 Å². The highest BCUT2D eigenvalue weighted by atomic mass is 16.5. The smallest absolute Gasteiger partial charge is 0.123 e. The zero-order valence-electron chi connectivity index (χ0n) is 14.3. The summed E-state index contributed by atoms with van der Waals surface area (Å²) in [6.07, 6.45) is 4.84. The van der Waals surface area contributed by atoms with Gasteiger partial charge in [0, 0.05) is 5.56 Å². The summed E-state index contributed by atoms with van der Waals surface area (Å²) in [5, 5.41) is 3.18. The molecule has 120 valence electrons. The number of benzene rings is 1. The summed E-state index contributed by atoms with van der Waals surface area (Å²) < 4.78 is 11.3. The summed E-state index contributed by atoms with van der Waals surface area (Å²) >= 11 is 0. The maximum atomic E-state index is 6.00. The van der Waals surface area contributed by atoms with E-state index < -0.39 is 0 Å². The van der Waals surface area contributed by atoms with Crippen LogP contribution >= 0.6 is 0 Å². The fourth-order valence-corrected chi connectivity index (χ4v) is 2.29. The molecule has 0 aliphatic rings. The molecule has 0 saturated heterocycles. The first-order chi connectivity index (χ1) is 9.99. The molecular weight excluding hydrogens is 262 g/mol. The van der Waals surface area contributed by atoms with Gasteiger partial charge in [0.2, 0.25) is 0 Å². The molecule has 0 aliphatic heterocycles. The maximum Gasteiger partial charge on any atom is 0.123 e. The standard InChI is InChI=1S/C18H31NO2/c1-18(2,3)16-14-15(20-5)10-11-17(16)21-13-9-7-6-8-12-19-4/h10-11,14,19H,6-9,12-13H2,1-5H3. The quantitative estimate of drug-likeness (QED) is 0.694. The van der Waals surface area contributed by atoms with E-state index in [-0.39, 0.29) is 5.41 Å². The van der Waals surface area contributed by atoms with Crippen molar-refractivity contribution in [3.05, 3.63) is 23.8 Å². The van der Waals surface area contributed by atoms with Gasteiger partial charge < -0.3 is 14.8 Å². The van der Waals surface area contributed by atoms with Crippen LogP contribution in [0.2, 0.25) is 0 Å². The lowest BCUT2D eigenvalue weighted by atomic mass is 9.86. The molecule has 1 rings (SSSR count). The van der Waals surface area contributed by atoms with E-state index in [1.165, 1.54) is 24.8 Å². The number of nitrogens with one attached hydrogen (secondary N) is 1. The van der Waals surface area contributed by atoms with Gasteiger partial charge in [-0.05, 0) is 50.0 Å². The lowest BCUT2D eigenvalue weighted by molar-refractivity contribution is 0.296. The number of unbranched alkanes of at least 4 members (excludes halogenated alkanes) is 3. The Balaban J connectivity index is 2.51. The van der Waals surface area contributed by atoms with Crippen LogP contribution in [0.3, 0.4) is 0 Å². The Hall–Kier alpha value is -1.22. The molecule has 21 heavy (non-hydrogen) atoms. The van der Waals surface area contributed by atoms with Crippen LogP contribution in [0.1, 0.15) is 52.0 Å². The van der Waals surface area contributed by atoms with E-state index in [4.69, 9.17) is 9.47 Å². The van der Waals surface area contributed by atoms with Crippen molar-refractivity contribution < 1.29 is 9.47 Å². The lowest BCUT2D eigenvalue weighted by Gasteiger charge is -2.23. The van der Waals surface area contributed by atoms with Gasteiger partial charge in [-0.1, -0.05) is 33.6 Å². The highest BCUT2D eigenvalue weighted by molar-refractivity contribution is 5.44. The molecule has 1 aromatic rings. The first-order valence-electron chi connectivity index (χ1n) is 7.95. The third-order valence-electron chi connectivity index (χ3n) is 3.57. The minimum Gasteiger partial charge on any atom is -0.497 e. The minimum atomic E-state index is 0.0523. The predicted molar refractivity (Wildman–Crippen MR) is 89.6 cm³/mol. The Bertz CT molecular complexity index is 410. The summed E-state index contributed by atoms with van der Waals surface area (Å²) in [6.45, 7) is 8.49. The van der Waals surface area contributed by atoms with Gasteiger partial charge >= 0.3 is 0 Å². The minimum absolute atomic E-state index is 0.0523. The Morgan fingerprint density at radius 2 is 1.76 bits per heavy atom. The molecule has 0 aromatic heterocycles. The molecule has 0 radical (unpaired) electrons. The summed E-state index contributed by atoms with van der Waals surface area (Å²) in [5.41, 5.74) is 1.26. The maximum absolute atomic E-state index is 6.00. The third-order valence-corrected chi connectivity index (χ3v) is 3.57. The molecule has 0 fully saturated rings. The molecule has 3 heteroatoms. The Morgan fingerprint density at radius 3 is 2.38 bits per heavy atom. The molecule has 0 aliphatic carbocycles. The van der Waals surface area contributed by atoms with E-state index in [9.17, 15) is 0 Å². The van der Waals surface area contributed by atoms with Crippen molar-refractivity contribution in [1.29, 1.82) is 0 Å². The van der Waals surface area contributed by atoms with E-state index in [1.54, 1.807) is 7.11 Å². The zero-order valence-corrected chi connectivity index (χ0v) is 14.3. The van der Waals surface area contributed by atoms with Crippen molar-refractivity contribution in [2.45, 2.75) is 51.9 Å². The fourth-order valence-electron chi connectivity index (χ4n) is 2.29. The number of hydrogen-bond donors (Lipinski definition) is 1. The van der Waals surface area contributed by atoms with E-state index in [0.29, 0.717) is 0 Å². The van der Waals surface area contributed by atoms with Crippen LogP contribution in [-0.2, 0) is 5.41 Å². The molecule has 1 N–H and O–H groups in total. The third kappa shape index (κ3) is 6.38. The van der Waals surface area contributed by atoms with Gasteiger partial charge in [-0.15, -0.1) is 0 Å². The van der Waals surface area contributed by atoms with Crippen molar-refractivity contribution in [1.82, 2.24) is 5.32 Å². The van der Waals surface area contributed by atoms with Crippen LogP contribution in [0.4, 0.5) is 0 Å². The SMILES string of the molecule is CNCCCCCCOc1ccc(OC)cc1C(C)(C)C. The lowest BCUT2D eigenvalue weighted by Crippen LogP contribution is -2.14. The van der Waals surface area contributed by atoms with Crippen molar-refractivity contribution in [2.24, 2.45) is 0 Å². The highest BCUT2D eigenvalue weighted by Crippen LogP contribution is 2.34. The van der Waals surface area contributed by atoms with Crippen molar-refractivity contribution >= 4 is 0 Å². The van der Waals surface area contributed by atoms with E-state index in [0.717, 1.165) is 31.1 Å². The second-order valence-electron chi connectivity index (χ2n) is 6.48. The normalized spacial score (nSPS) is 11.5. The second-order valence-corrected chi connectivity index (χ2v) is 6.48. The van der Waals surface area contributed by atoms with Crippen LogP contribution in [-0.4, -0.2) is 27.3 Å². The Kier molecular flexibility index (Phi) is 7.58. The average Bonchev–Trinajstić information content (AvgIpc) is 2.45. The van der Waals surface area contributed by atoms with Crippen molar-refractivity contribution in [2.75, 3.05) is 27.3 Å². The summed E-state index contributed by atoms with van der Waals surface area (Å²) in [5.74, 6) is 1.87. The highest BCUT2D eigenvalue weighted by Gasteiger charge is 2.19. The number of methoxy groups -OCH3 is 1. The topological polar surface area (TPSA) is 30.5 Å². The van der Waals surface area contributed by atoms with Crippen molar-refractivity contribution in [3.63, 3.8) is 0 Å². The van der Waals surface area contributed by atoms with Gasteiger partial charge in [-0.25, -0.2) is 0 Å². The monoisotopic (exact) mass is 293 g/mol. The molecule has 0 heterocycles. The van der Waals surface area contributed by atoms with Gasteiger partial charge in [-0.3, -0.25) is 0 Å². The number of rotatable bonds is 9. The van der Waals surface area contributed by atoms with Gasteiger partial charge in [-0.2, -0.15) is 0 Å². The summed E-state index contributed by atoms with van der Waals surface area (Å²) in [7, 11) is 3.70. The molecule has 0 amide bonds. The largest absolute Gasteiger partial charge is 0.497 e. The van der Waals surface area contributed by atoms with Crippen molar-refractivity contribution in [3.8, 4) is 11.5 Å². The average molecular weight is 293 g/mol. The zero-order chi connectivity index (χ0) is 15.7. The Morgan fingerprint density at radius 1 is 1.05 bits per heavy atom. The van der Waals surface area contributed by atoms with E-state index in [1.807, 2.05) is 19.2 Å². The number of hydrogen-bond acceptors (Lipinski definition) is 3. The molecule has 0 spiro atoms.